The number of hydrogen-bond donors (Lipinski definition) is 0. The fourth-order valence-corrected chi connectivity index (χ4v) is 2.55. The van der Waals surface area contributed by atoms with Crippen molar-refractivity contribution in [2.75, 3.05) is 19.7 Å². The van der Waals surface area contributed by atoms with Crippen molar-refractivity contribution in [2.24, 2.45) is 0 Å². The van der Waals surface area contributed by atoms with Crippen LogP contribution in [0, 0.1) is 0 Å². The molecule has 118 valence electrons. The van der Waals surface area contributed by atoms with Gasteiger partial charge in [-0.3, -0.25) is 19.3 Å². The Labute approximate surface area is 133 Å². The fourth-order valence-electron chi connectivity index (χ4n) is 2.33. The van der Waals surface area contributed by atoms with E-state index in [4.69, 9.17) is 16.3 Å². The van der Waals surface area contributed by atoms with Crippen molar-refractivity contribution >= 4 is 28.8 Å². The van der Waals surface area contributed by atoms with Gasteiger partial charge in [-0.1, -0.05) is 30.3 Å². The molecule has 0 spiro atoms. The molecule has 1 saturated heterocycles. The number of benzene rings is 1. The smallest absolute Gasteiger partial charge is 0.323 e. The van der Waals surface area contributed by atoms with Crippen molar-refractivity contribution in [1.82, 2.24) is 9.80 Å². The van der Waals surface area contributed by atoms with Gasteiger partial charge in [0.05, 0.1) is 19.3 Å². The van der Waals surface area contributed by atoms with Gasteiger partial charge in [-0.25, -0.2) is 0 Å². The predicted octanol–water partition coefficient (Wildman–Crippen LogP) is 1.62. The number of halogens is 1. The normalized spacial score (nSPS) is 18.7. The predicted molar refractivity (Wildman–Crippen MR) is 80.2 cm³/mol. The molecule has 1 heterocycles. The van der Waals surface area contributed by atoms with Crippen molar-refractivity contribution in [3.8, 4) is 0 Å². The summed E-state index contributed by atoms with van der Waals surface area (Å²) in [5.41, 5.74) is 0.983. The lowest BCUT2D eigenvalue weighted by atomic mass is 10.1. The number of ether oxygens (including phenoxy) is 1. The maximum absolute atomic E-state index is 12.0. The Morgan fingerprint density at radius 3 is 2.55 bits per heavy atom. The molecule has 1 aromatic carbocycles. The molecule has 7 heteroatoms. The summed E-state index contributed by atoms with van der Waals surface area (Å²) < 4.78 is 5.57. The van der Waals surface area contributed by atoms with Crippen LogP contribution in [-0.4, -0.2) is 52.7 Å². The zero-order chi connectivity index (χ0) is 16.1. The third-order valence-electron chi connectivity index (χ3n) is 3.48. The molecule has 0 saturated carbocycles. The Kier molecular flexibility index (Phi) is 5.51. The van der Waals surface area contributed by atoms with Gasteiger partial charge < -0.3 is 9.64 Å². The van der Waals surface area contributed by atoms with Crippen LogP contribution in [0.3, 0.4) is 0 Å². The Morgan fingerprint density at radius 1 is 1.27 bits per heavy atom. The lowest BCUT2D eigenvalue weighted by Gasteiger charge is -2.37. The minimum Gasteiger partial charge on any atom is -0.375 e. The summed E-state index contributed by atoms with van der Waals surface area (Å²) in [5.74, 6) is -1.61. The number of likely N-dealkylation sites (N-methyl/N-ethyl adjacent to an activating group) is 1. The second-order valence-corrected chi connectivity index (χ2v) is 5.25. The quantitative estimate of drug-likeness (QED) is 0.469. The summed E-state index contributed by atoms with van der Waals surface area (Å²) in [6, 6.07) is 8.96. The molecule has 2 rings (SSSR count). The standard InChI is InChI=1S/C15H17ClN2O4/c1-2-17-8-12(18(15(16)21)14(20)13(17)19)10-22-9-11-6-4-3-5-7-11/h3-7,12H,2,8-10H2,1H3/t12-/m1/s1. The van der Waals surface area contributed by atoms with Crippen molar-refractivity contribution < 1.29 is 19.1 Å². The highest BCUT2D eigenvalue weighted by atomic mass is 35.5. The summed E-state index contributed by atoms with van der Waals surface area (Å²) in [7, 11) is 0. The first-order valence-electron chi connectivity index (χ1n) is 6.98. The maximum atomic E-state index is 12.0. The minimum atomic E-state index is -0.956. The average Bonchev–Trinajstić information content (AvgIpc) is 2.51. The second kappa shape index (κ2) is 7.38. The van der Waals surface area contributed by atoms with Crippen LogP contribution in [0.4, 0.5) is 4.79 Å². The van der Waals surface area contributed by atoms with E-state index in [1.54, 1.807) is 6.92 Å². The number of carbonyl (C=O) groups excluding carboxylic acids is 3. The summed E-state index contributed by atoms with van der Waals surface area (Å²) in [6.45, 7) is 2.88. The first-order chi connectivity index (χ1) is 10.5. The molecule has 1 aromatic rings. The highest BCUT2D eigenvalue weighted by molar-refractivity contribution is 6.65. The maximum Gasteiger partial charge on any atom is 0.323 e. The van der Waals surface area contributed by atoms with Gasteiger partial charge in [0.15, 0.2) is 0 Å². The average molecular weight is 325 g/mol. The molecule has 0 radical (unpaired) electrons. The van der Waals surface area contributed by atoms with Crippen molar-refractivity contribution in [3.05, 3.63) is 35.9 Å². The molecule has 0 aliphatic carbocycles. The number of imide groups is 1. The van der Waals surface area contributed by atoms with Crippen LogP contribution in [0.15, 0.2) is 30.3 Å². The molecule has 1 atom stereocenters. The first-order valence-corrected chi connectivity index (χ1v) is 7.36. The fraction of sp³-hybridized carbons (Fsp3) is 0.400. The molecule has 1 aliphatic heterocycles. The molecule has 6 nitrogen and oxygen atoms in total. The summed E-state index contributed by atoms with van der Waals surface area (Å²) in [4.78, 5) is 37.3. The van der Waals surface area contributed by atoms with E-state index in [2.05, 4.69) is 0 Å². The molecule has 3 amide bonds. The van der Waals surface area contributed by atoms with Gasteiger partial charge in [0, 0.05) is 13.1 Å². The van der Waals surface area contributed by atoms with Crippen LogP contribution in [0.1, 0.15) is 12.5 Å². The van der Waals surface area contributed by atoms with Crippen LogP contribution in [0.5, 0.6) is 0 Å². The molecule has 1 aliphatic rings. The largest absolute Gasteiger partial charge is 0.375 e. The number of nitrogens with zero attached hydrogens (tertiary/aromatic N) is 2. The van der Waals surface area contributed by atoms with E-state index in [0.29, 0.717) is 13.2 Å². The minimum absolute atomic E-state index is 0.128. The van der Waals surface area contributed by atoms with E-state index < -0.39 is 23.2 Å². The van der Waals surface area contributed by atoms with Gasteiger partial charge in [-0.2, -0.15) is 0 Å². The summed E-state index contributed by atoms with van der Waals surface area (Å²) >= 11 is 5.44. The third-order valence-corrected chi connectivity index (χ3v) is 3.66. The van der Waals surface area contributed by atoms with E-state index in [9.17, 15) is 14.4 Å². The highest BCUT2D eigenvalue weighted by Crippen LogP contribution is 2.16. The lowest BCUT2D eigenvalue weighted by molar-refractivity contribution is -0.157. The molecular weight excluding hydrogens is 308 g/mol. The zero-order valence-corrected chi connectivity index (χ0v) is 13.0. The second-order valence-electron chi connectivity index (χ2n) is 4.93. The number of rotatable bonds is 5. The van der Waals surface area contributed by atoms with E-state index in [1.807, 2.05) is 30.3 Å². The molecule has 1 fully saturated rings. The highest BCUT2D eigenvalue weighted by Gasteiger charge is 2.41. The number of carbonyl (C=O) groups is 3. The van der Waals surface area contributed by atoms with Crippen LogP contribution in [0.2, 0.25) is 0 Å². The van der Waals surface area contributed by atoms with Gasteiger partial charge in [-0.15, -0.1) is 0 Å². The number of hydrogen-bond acceptors (Lipinski definition) is 4. The van der Waals surface area contributed by atoms with Crippen LogP contribution >= 0.6 is 11.6 Å². The molecular formula is C15H17ClN2O4. The van der Waals surface area contributed by atoms with Crippen LogP contribution < -0.4 is 0 Å². The van der Waals surface area contributed by atoms with Gasteiger partial charge in [0.1, 0.15) is 0 Å². The molecule has 22 heavy (non-hydrogen) atoms. The van der Waals surface area contributed by atoms with Gasteiger partial charge in [-0.05, 0) is 24.1 Å². The Bertz CT molecular complexity index is 564. The van der Waals surface area contributed by atoms with Gasteiger partial charge in [0.25, 0.3) is 0 Å². The zero-order valence-electron chi connectivity index (χ0n) is 12.2. The third kappa shape index (κ3) is 3.64. The van der Waals surface area contributed by atoms with E-state index in [1.165, 1.54) is 4.90 Å². The monoisotopic (exact) mass is 324 g/mol. The van der Waals surface area contributed by atoms with Crippen molar-refractivity contribution in [2.45, 2.75) is 19.6 Å². The Balaban J connectivity index is 2.01. The first kappa shape index (κ1) is 16.5. The number of amides is 3. The van der Waals surface area contributed by atoms with E-state index in [0.717, 1.165) is 10.5 Å². The lowest BCUT2D eigenvalue weighted by Crippen LogP contribution is -2.61. The van der Waals surface area contributed by atoms with Gasteiger partial charge in [0.2, 0.25) is 0 Å². The van der Waals surface area contributed by atoms with Crippen molar-refractivity contribution in [3.63, 3.8) is 0 Å². The summed E-state index contributed by atoms with van der Waals surface area (Å²) in [6.07, 6.45) is 0. The Morgan fingerprint density at radius 2 is 1.95 bits per heavy atom. The molecule has 0 aromatic heterocycles. The van der Waals surface area contributed by atoms with Crippen molar-refractivity contribution in [1.29, 1.82) is 0 Å². The topological polar surface area (TPSA) is 66.9 Å². The molecule has 0 bridgehead atoms. The van der Waals surface area contributed by atoms with E-state index in [-0.39, 0.29) is 13.2 Å². The molecule has 0 N–H and O–H groups in total. The summed E-state index contributed by atoms with van der Waals surface area (Å²) in [5, 5.41) is -0.956. The van der Waals surface area contributed by atoms with E-state index >= 15 is 0 Å². The Hall–Kier alpha value is -1.92. The molecule has 0 unspecified atom stereocenters. The van der Waals surface area contributed by atoms with Crippen LogP contribution in [-0.2, 0) is 20.9 Å². The SMILES string of the molecule is CCN1C[C@H](COCc2ccccc2)N(C(=O)Cl)C(=O)C1=O. The number of piperazine rings is 1. The van der Waals surface area contributed by atoms with Crippen LogP contribution in [0.25, 0.3) is 0 Å². The van der Waals surface area contributed by atoms with Gasteiger partial charge >= 0.3 is 17.2 Å².